The monoisotopic (exact) mass is 500 g/mol. The Morgan fingerprint density at radius 1 is 0.692 bits per heavy atom. The zero-order valence-electron chi connectivity index (χ0n) is 22.2. The van der Waals surface area contributed by atoms with Gasteiger partial charge in [-0.3, -0.25) is 0 Å². The summed E-state index contributed by atoms with van der Waals surface area (Å²) in [6, 6.07) is 39.0. The maximum Gasteiger partial charge on any atom is 0.101 e. The lowest BCUT2D eigenvalue weighted by Gasteiger charge is -2.30. The van der Waals surface area contributed by atoms with Crippen LogP contribution in [0.1, 0.15) is 39.8 Å². The molecule has 7 rings (SSSR count). The fourth-order valence-electron chi connectivity index (χ4n) is 6.43. The van der Waals surface area contributed by atoms with E-state index in [2.05, 4.69) is 122 Å². The van der Waals surface area contributed by atoms with E-state index < -0.39 is 0 Å². The van der Waals surface area contributed by atoms with Crippen LogP contribution in [0.25, 0.3) is 27.8 Å². The smallest absolute Gasteiger partial charge is 0.101 e. The number of allylic oxidation sites excluding steroid dienone is 1. The number of aryl methyl sites for hydroxylation is 2. The molecule has 0 heterocycles. The van der Waals surface area contributed by atoms with E-state index >= 15 is 0 Å². The summed E-state index contributed by atoms with van der Waals surface area (Å²) in [6.07, 6.45) is 4.51. The topological polar surface area (TPSA) is 27.0 Å². The van der Waals surface area contributed by atoms with Gasteiger partial charge in [0.25, 0.3) is 0 Å². The van der Waals surface area contributed by atoms with Crippen LogP contribution >= 0.6 is 0 Å². The van der Waals surface area contributed by atoms with Crippen molar-refractivity contribution in [2.45, 2.75) is 26.7 Å². The quantitative estimate of drug-likeness (QED) is 0.241. The molecule has 0 amide bonds. The second kappa shape index (κ2) is 9.15. The van der Waals surface area contributed by atoms with Crippen LogP contribution in [0, 0.1) is 25.2 Å². The first-order valence-electron chi connectivity index (χ1n) is 13.6. The molecule has 2 nitrogen and oxygen atoms in total. The lowest BCUT2D eigenvalue weighted by molar-refractivity contribution is 0.984. The molecule has 0 radical (unpaired) electrons. The van der Waals surface area contributed by atoms with Crippen LogP contribution in [0.4, 0.5) is 17.1 Å². The van der Waals surface area contributed by atoms with Crippen molar-refractivity contribution in [3.63, 3.8) is 0 Å². The Labute approximate surface area is 230 Å². The van der Waals surface area contributed by atoms with Crippen molar-refractivity contribution in [1.82, 2.24) is 0 Å². The first kappa shape index (κ1) is 23.3. The standard InChI is InChI=1S/C37H28N2/c1-24-10-3-6-19-35(24)39(37-25(2)11-7-13-27(37)23-38)28-14-8-12-26(22-28)29-20-21-34-31-16-5-4-15-30(31)33-18-9-17-32(29)36(33)34/h3-8,10-16,18-22H,9,17H2,1-2H3. The first-order chi connectivity index (χ1) is 19.2. The zero-order valence-corrected chi connectivity index (χ0v) is 22.2. The number of anilines is 3. The van der Waals surface area contributed by atoms with Gasteiger partial charge in [-0.1, -0.05) is 84.9 Å². The molecule has 5 aromatic carbocycles. The van der Waals surface area contributed by atoms with Gasteiger partial charge >= 0.3 is 0 Å². The minimum absolute atomic E-state index is 0.670. The molecular formula is C37H28N2. The van der Waals surface area contributed by atoms with Gasteiger partial charge in [-0.05, 0) is 107 Å². The predicted molar refractivity (Wildman–Crippen MR) is 162 cm³/mol. The van der Waals surface area contributed by atoms with Crippen molar-refractivity contribution in [3.8, 4) is 28.3 Å². The normalized spacial score (nSPS) is 12.8. The summed E-state index contributed by atoms with van der Waals surface area (Å²) in [6.45, 7) is 4.22. The molecule has 0 fully saturated rings. The molecule has 0 saturated heterocycles. The van der Waals surface area contributed by atoms with Crippen LogP contribution in [0.15, 0.2) is 109 Å². The number of rotatable bonds is 4. The van der Waals surface area contributed by atoms with Crippen LogP contribution in [-0.2, 0) is 6.42 Å². The van der Waals surface area contributed by atoms with Crippen molar-refractivity contribution >= 4 is 22.6 Å². The van der Waals surface area contributed by atoms with E-state index in [1.54, 1.807) is 0 Å². The number of hydrogen-bond donors (Lipinski definition) is 0. The number of nitriles is 1. The summed E-state index contributed by atoms with van der Waals surface area (Å²) in [5.74, 6) is 0. The van der Waals surface area contributed by atoms with E-state index in [0.29, 0.717) is 5.56 Å². The highest BCUT2D eigenvalue weighted by molar-refractivity contribution is 6.04. The van der Waals surface area contributed by atoms with E-state index in [1.165, 1.54) is 44.5 Å². The average Bonchev–Trinajstić information content (AvgIpc) is 3.30. The van der Waals surface area contributed by atoms with Crippen molar-refractivity contribution in [3.05, 3.63) is 143 Å². The van der Waals surface area contributed by atoms with Gasteiger partial charge in [0, 0.05) is 11.4 Å². The molecule has 0 N–H and O–H groups in total. The second-order valence-corrected chi connectivity index (χ2v) is 10.5. The Bertz CT molecular complexity index is 1850. The van der Waals surface area contributed by atoms with Gasteiger partial charge in [0.05, 0.1) is 11.3 Å². The maximum atomic E-state index is 10.1. The lowest BCUT2D eigenvalue weighted by atomic mass is 9.84. The third-order valence-corrected chi connectivity index (χ3v) is 8.19. The summed E-state index contributed by atoms with van der Waals surface area (Å²) >= 11 is 0. The minimum Gasteiger partial charge on any atom is -0.309 e. The number of para-hydroxylation sites is 2. The molecular weight excluding hydrogens is 472 g/mol. The van der Waals surface area contributed by atoms with Gasteiger partial charge in [0.1, 0.15) is 6.07 Å². The minimum atomic E-state index is 0.670. The molecule has 0 unspecified atom stereocenters. The third kappa shape index (κ3) is 3.62. The molecule has 0 saturated carbocycles. The molecule has 0 aliphatic heterocycles. The third-order valence-electron chi connectivity index (χ3n) is 8.19. The fourth-order valence-corrected chi connectivity index (χ4v) is 6.43. The van der Waals surface area contributed by atoms with Crippen LogP contribution in [0.2, 0.25) is 0 Å². The average molecular weight is 501 g/mol. The Morgan fingerprint density at radius 3 is 2.28 bits per heavy atom. The Balaban J connectivity index is 1.42. The number of benzene rings is 5. The van der Waals surface area contributed by atoms with Crippen molar-refractivity contribution in [1.29, 1.82) is 5.26 Å². The number of nitrogens with zero attached hydrogens (tertiary/aromatic N) is 2. The predicted octanol–water partition coefficient (Wildman–Crippen LogP) is 9.67. The summed E-state index contributed by atoms with van der Waals surface area (Å²) in [5.41, 5.74) is 16.8. The van der Waals surface area contributed by atoms with E-state index in [9.17, 15) is 5.26 Å². The fraction of sp³-hybridized carbons (Fsp3) is 0.108. The molecule has 0 atom stereocenters. The zero-order chi connectivity index (χ0) is 26.5. The molecule has 0 bridgehead atoms. The molecule has 39 heavy (non-hydrogen) atoms. The number of hydrogen-bond acceptors (Lipinski definition) is 2. The maximum absolute atomic E-state index is 10.1. The molecule has 5 aromatic rings. The van der Waals surface area contributed by atoms with Crippen molar-refractivity contribution < 1.29 is 0 Å². The molecule has 186 valence electrons. The van der Waals surface area contributed by atoms with Gasteiger partial charge < -0.3 is 4.90 Å². The van der Waals surface area contributed by atoms with Crippen molar-refractivity contribution in [2.24, 2.45) is 0 Å². The summed E-state index contributed by atoms with van der Waals surface area (Å²) in [4.78, 5) is 2.26. The SMILES string of the molecule is Cc1ccccc1N(c1cccc(-c2ccc3c4c2CCC=C4c2ccccc2-3)c1)c1c(C)cccc1C#N. The molecule has 2 heteroatoms. The lowest BCUT2D eigenvalue weighted by Crippen LogP contribution is -2.14. The van der Waals surface area contributed by atoms with Crippen LogP contribution in [0.5, 0.6) is 0 Å². The Hall–Kier alpha value is -4.87. The second-order valence-electron chi connectivity index (χ2n) is 10.5. The molecule has 2 aliphatic rings. The van der Waals surface area contributed by atoms with E-state index in [0.717, 1.165) is 41.0 Å². The van der Waals surface area contributed by atoms with E-state index in [1.807, 2.05) is 12.1 Å². The van der Waals surface area contributed by atoms with E-state index in [-0.39, 0.29) is 0 Å². The molecule has 2 aliphatic carbocycles. The van der Waals surface area contributed by atoms with Gasteiger partial charge in [-0.25, -0.2) is 0 Å². The summed E-state index contributed by atoms with van der Waals surface area (Å²) in [5, 5.41) is 10.1. The van der Waals surface area contributed by atoms with E-state index in [4.69, 9.17) is 0 Å². The van der Waals surface area contributed by atoms with Gasteiger partial charge in [-0.2, -0.15) is 5.26 Å². The summed E-state index contributed by atoms with van der Waals surface area (Å²) < 4.78 is 0. The highest BCUT2D eigenvalue weighted by atomic mass is 15.1. The van der Waals surface area contributed by atoms with Crippen LogP contribution in [0.3, 0.4) is 0 Å². The molecule has 0 spiro atoms. The van der Waals surface area contributed by atoms with Gasteiger partial charge in [-0.15, -0.1) is 0 Å². The van der Waals surface area contributed by atoms with Gasteiger partial charge in [0.15, 0.2) is 0 Å². The summed E-state index contributed by atoms with van der Waals surface area (Å²) in [7, 11) is 0. The van der Waals surface area contributed by atoms with Crippen molar-refractivity contribution in [2.75, 3.05) is 4.90 Å². The highest BCUT2D eigenvalue weighted by Gasteiger charge is 2.29. The Morgan fingerprint density at radius 2 is 1.44 bits per heavy atom. The largest absolute Gasteiger partial charge is 0.309 e. The Kier molecular flexibility index (Phi) is 5.46. The van der Waals surface area contributed by atoms with Crippen LogP contribution < -0.4 is 4.90 Å². The number of fused-ring (bicyclic) bond motifs is 3. The highest BCUT2D eigenvalue weighted by Crippen LogP contribution is 2.50. The van der Waals surface area contributed by atoms with Crippen LogP contribution in [-0.4, -0.2) is 0 Å². The first-order valence-corrected chi connectivity index (χ1v) is 13.6. The molecule has 0 aromatic heterocycles. The van der Waals surface area contributed by atoms with Gasteiger partial charge in [0.2, 0.25) is 0 Å².